The number of guanidine groups is 1. The number of aliphatic imine (C=N–C) groups is 1. The first kappa shape index (κ1) is 19.3. The summed E-state index contributed by atoms with van der Waals surface area (Å²) in [6.45, 7) is 14.5. The third-order valence-corrected chi connectivity index (χ3v) is 5.35. The van der Waals surface area contributed by atoms with Crippen LogP contribution in [0.5, 0.6) is 0 Å². The largest absolute Gasteiger partial charge is 0.377 e. The maximum absolute atomic E-state index is 6.08. The van der Waals surface area contributed by atoms with E-state index >= 15 is 0 Å². The van der Waals surface area contributed by atoms with E-state index in [0.717, 1.165) is 38.6 Å². The second kappa shape index (κ2) is 8.86. The van der Waals surface area contributed by atoms with Crippen molar-refractivity contribution in [3.05, 3.63) is 21.9 Å². The molecule has 0 amide bonds. The number of aryl methyl sites for hydroxylation is 1. The van der Waals surface area contributed by atoms with Gasteiger partial charge in [-0.1, -0.05) is 20.8 Å². The minimum absolute atomic E-state index is 0.177. The molecule has 0 aliphatic carbocycles. The van der Waals surface area contributed by atoms with Gasteiger partial charge < -0.3 is 15.4 Å². The summed E-state index contributed by atoms with van der Waals surface area (Å²) in [6, 6.07) is 4.32. The van der Waals surface area contributed by atoms with Crippen molar-refractivity contribution in [3.8, 4) is 0 Å². The third-order valence-electron chi connectivity index (χ3n) is 4.36. The lowest BCUT2D eigenvalue weighted by Gasteiger charge is -2.40. The van der Waals surface area contributed by atoms with Crippen molar-refractivity contribution in [2.45, 2.75) is 60.1 Å². The molecular formula is C19H33N3OS. The summed E-state index contributed by atoms with van der Waals surface area (Å²) in [4.78, 5) is 7.38. The summed E-state index contributed by atoms with van der Waals surface area (Å²) < 4.78 is 6.08. The predicted octanol–water partition coefficient (Wildman–Crippen LogP) is 3.95. The molecule has 1 fully saturated rings. The minimum atomic E-state index is 0.177. The minimum Gasteiger partial charge on any atom is -0.377 e. The van der Waals surface area contributed by atoms with E-state index in [1.54, 1.807) is 0 Å². The summed E-state index contributed by atoms with van der Waals surface area (Å²) >= 11 is 1.82. The highest BCUT2D eigenvalue weighted by Crippen LogP contribution is 2.33. The Labute approximate surface area is 151 Å². The van der Waals surface area contributed by atoms with Crippen LogP contribution < -0.4 is 10.6 Å². The molecule has 136 valence electrons. The second-order valence-corrected chi connectivity index (χ2v) is 9.02. The number of hydrogen-bond acceptors (Lipinski definition) is 3. The molecule has 2 heterocycles. The van der Waals surface area contributed by atoms with Gasteiger partial charge in [0.1, 0.15) is 0 Å². The number of rotatable bonds is 5. The molecule has 0 bridgehead atoms. The molecule has 2 unspecified atom stereocenters. The highest BCUT2D eigenvalue weighted by molar-refractivity contribution is 7.11. The van der Waals surface area contributed by atoms with Gasteiger partial charge in [-0.25, -0.2) is 4.99 Å². The maximum atomic E-state index is 6.08. The lowest BCUT2D eigenvalue weighted by Crippen LogP contribution is -2.47. The van der Waals surface area contributed by atoms with Crippen molar-refractivity contribution in [1.82, 2.24) is 10.6 Å². The molecular weight excluding hydrogens is 318 g/mol. The maximum Gasteiger partial charge on any atom is 0.191 e. The van der Waals surface area contributed by atoms with Crippen LogP contribution in [0.1, 0.15) is 50.3 Å². The lowest BCUT2D eigenvalue weighted by atomic mass is 9.78. The molecule has 0 saturated carbocycles. The van der Waals surface area contributed by atoms with Gasteiger partial charge >= 0.3 is 0 Å². The van der Waals surface area contributed by atoms with E-state index in [1.807, 2.05) is 11.3 Å². The molecule has 1 aliphatic rings. The van der Waals surface area contributed by atoms with E-state index in [-0.39, 0.29) is 5.41 Å². The summed E-state index contributed by atoms with van der Waals surface area (Å²) in [5.41, 5.74) is 0.177. The SMILES string of the molecule is CCNC(=NCc1ccc(C)s1)NCC1CCCOC1C(C)(C)C. The van der Waals surface area contributed by atoms with Crippen LogP contribution in [0.2, 0.25) is 0 Å². The van der Waals surface area contributed by atoms with Gasteiger partial charge in [-0.05, 0) is 44.2 Å². The lowest BCUT2D eigenvalue weighted by molar-refractivity contribution is -0.0835. The van der Waals surface area contributed by atoms with Gasteiger partial charge in [0, 0.05) is 35.4 Å². The van der Waals surface area contributed by atoms with Crippen molar-refractivity contribution in [2.24, 2.45) is 16.3 Å². The van der Waals surface area contributed by atoms with Gasteiger partial charge in [-0.15, -0.1) is 11.3 Å². The fourth-order valence-electron chi connectivity index (χ4n) is 3.31. The first-order chi connectivity index (χ1) is 11.4. The Morgan fingerprint density at radius 3 is 2.75 bits per heavy atom. The first-order valence-corrected chi connectivity index (χ1v) is 9.91. The Morgan fingerprint density at radius 2 is 2.12 bits per heavy atom. The zero-order chi connectivity index (χ0) is 17.6. The van der Waals surface area contributed by atoms with Crippen molar-refractivity contribution in [2.75, 3.05) is 19.7 Å². The van der Waals surface area contributed by atoms with Gasteiger partial charge in [0.05, 0.1) is 12.6 Å². The highest BCUT2D eigenvalue weighted by atomic mass is 32.1. The Hall–Kier alpha value is -1.07. The van der Waals surface area contributed by atoms with Crippen LogP contribution in [-0.4, -0.2) is 31.8 Å². The quantitative estimate of drug-likeness (QED) is 0.623. The van der Waals surface area contributed by atoms with Crippen LogP contribution in [-0.2, 0) is 11.3 Å². The van der Waals surface area contributed by atoms with Crippen LogP contribution in [0.4, 0.5) is 0 Å². The van der Waals surface area contributed by atoms with Crippen LogP contribution in [0.25, 0.3) is 0 Å². The Balaban J connectivity index is 1.94. The molecule has 4 nitrogen and oxygen atoms in total. The fraction of sp³-hybridized carbons (Fsp3) is 0.737. The monoisotopic (exact) mass is 351 g/mol. The molecule has 1 aliphatic heterocycles. The van der Waals surface area contributed by atoms with Gasteiger partial charge in [0.25, 0.3) is 0 Å². The molecule has 2 atom stereocenters. The standard InChI is InChI=1S/C19H33N3OS/c1-6-20-18(22-13-16-10-9-14(2)24-16)21-12-15-8-7-11-23-17(15)19(3,4)5/h9-10,15,17H,6-8,11-13H2,1-5H3,(H2,20,21,22). The Kier molecular flexibility index (Phi) is 7.11. The van der Waals surface area contributed by atoms with Crippen molar-refractivity contribution >= 4 is 17.3 Å². The molecule has 5 heteroatoms. The summed E-state index contributed by atoms with van der Waals surface area (Å²) in [5, 5.41) is 6.89. The molecule has 2 rings (SSSR count). The smallest absolute Gasteiger partial charge is 0.191 e. The summed E-state index contributed by atoms with van der Waals surface area (Å²) in [6.07, 6.45) is 2.68. The van der Waals surface area contributed by atoms with E-state index in [0.29, 0.717) is 12.0 Å². The van der Waals surface area contributed by atoms with Crippen molar-refractivity contribution < 1.29 is 4.74 Å². The van der Waals surface area contributed by atoms with E-state index < -0.39 is 0 Å². The fourth-order valence-corrected chi connectivity index (χ4v) is 4.12. The van der Waals surface area contributed by atoms with E-state index in [9.17, 15) is 0 Å². The van der Waals surface area contributed by atoms with Crippen molar-refractivity contribution in [1.29, 1.82) is 0 Å². The Morgan fingerprint density at radius 1 is 1.33 bits per heavy atom. The van der Waals surface area contributed by atoms with Gasteiger partial charge in [-0.3, -0.25) is 0 Å². The second-order valence-electron chi connectivity index (χ2n) is 7.65. The van der Waals surface area contributed by atoms with Gasteiger partial charge in [0.15, 0.2) is 5.96 Å². The highest BCUT2D eigenvalue weighted by Gasteiger charge is 2.35. The topological polar surface area (TPSA) is 45.7 Å². The average Bonchev–Trinajstić information content (AvgIpc) is 2.95. The van der Waals surface area contributed by atoms with Crippen molar-refractivity contribution in [3.63, 3.8) is 0 Å². The molecule has 1 saturated heterocycles. The first-order valence-electron chi connectivity index (χ1n) is 9.09. The zero-order valence-electron chi connectivity index (χ0n) is 15.8. The summed E-state index contributed by atoms with van der Waals surface area (Å²) in [5.74, 6) is 1.44. The number of ether oxygens (including phenoxy) is 1. The predicted molar refractivity (Wildman–Crippen MR) is 104 cm³/mol. The van der Waals surface area contributed by atoms with Crippen LogP contribution in [0, 0.1) is 18.3 Å². The van der Waals surface area contributed by atoms with E-state index in [4.69, 9.17) is 9.73 Å². The number of nitrogens with one attached hydrogen (secondary N) is 2. The summed E-state index contributed by atoms with van der Waals surface area (Å²) in [7, 11) is 0. The van der Waals surface area contributed by atoms with E-state index in [2.05, 4.69) is 57.4 Å². The molecule has 0 spiro atoms. The third kappa shape index (κ3) is 5.78. The van der Waals surface area contributed by atoms with Crippen LogP contribution in [0.3, 0.4) is 0 Å². The number of nitrogens with zero attached hydrogens (tertiary/aromatic N) is 1. The molecule has 0 radical (unpaired) electrons. The molecule has 1 aromatic heterocycles. The van der Waals surface area contributed by atoms with Gasteiger partial charge in [0.2, 0.25) is 0 Å². The molecule has 1 aromatic rings. The van der Waals surface area contributed by atoms with E-state index in [1.165, 1.54) is 16.2 Å². The average molecular weight is 352 g/mol. The number of thiophene rings is 1. The zero-order valence-corrected chi connectivity index (χ0v) is 16.6. The van der Waals surface area contributed by atoms with Crippen LogP contribution in [0.15, 0.2) is 17.1 Å². The van der Waals surface area contributed by atoms with Crippen LogP contribution >= 0.6 is 11.3 Å². The molecule has 0 aromatic carbocycles. The Bertz CT molecular complexity index is 533. The molecule has 2 N–H and O–H groups in total. The number of hydrogen-bond donors (Lipinski definition) is 2. The molecule has 24 heavy (non-hydrogen) atoms. The normalized spacial score (nSPS) is 22.5. The van der Waals surface area contributed by atoms with Gasteiger partial charge in [-0.2, -0.15) is 0 Å².